The molecule has 0 unspecified atom stereocenters. The second-order valence-corrected chi connectivity index (χ2v) is 5.37. The summed E-state index contributed by atoms with van der Waals surface area (Å²) < 4.78 is 81.7. The monoisotopic (exact) mass is 276 g/mol. The van der Waals surface area contributed by atoms with E-state index in [0.717, 1.165) is 0 Å². The van der Waals surface area contributed by atoms with E-state index in [0.29, 0.717) is 0 Å². The molecule has 2 rings (SSSR count). The molecule has 0 spiro atoms. The minimum Gasteiger partial charge on any atom is -0.399 e. The maximum atomic E-state index is 13.4. The van der Waals surface area contributed by atoms with Crippen LogP contribution in [0.1, 0.15) is 38.7 Å². The number of benzene rings is 1. The van der Waals surface area contributed by atoms with Crippen LogP contribution in [0, 0.1) is 0 Å². The van der Waals surface area contributed by atoms with Gasteiger partial charge in [-0.3, -0.25) is 0 Å². The van der Waals surface area contributed by atoms with Crippen LogP contribution in [0.3, 0.4) is 0 Å². The Morgan fingerprint density at radius 3 is 2.00 bits per heavy atom. The minimum atomic E-state index is -4.96. The van der Waals surface area contributed by atoms with Gasteiger partial charge in [-0.1, -0.05) is 24.2 Å². The van der Waals surface area contributed by atoms with Gasteiger partial charge >= 0.3 is 13.3 Å². The van der Waals surface area contributed by atoms with Gasteiger partial charge in [0.2, 0.25) is 0 Å². The van der Waals surface area contributed by atoms with Crippen LogP contribution in [0.2, 0.25) is 0 Å². The van der Waals surface area contributed by atoms with Gasteiger partial charge in [-0.2, -0.15) is 13.2 Å². The van der Waals surface area contributed by atoms with Gasteiger partial charge in [0.1, 0.15) is 0 Å². The zero-order valence-corrected chi connectivity index (χ0v) is 11.0. The smallest absolute Gasteiger partial charge is 0.399 e. The molecule has 1 aromatic carbocycles. The van der Waals surface area contributed by atoms with Gasteiger partial charge < -0.3 is 9.31 Å². The quantitative estimate of drug-likeness (QED) is 0.734. The van der Waals surface area contributed by atoms with E-state index >= 15 is 0 Å². The maximum absolute atomic E-state index is 13.4. The van der Waals surface area contributed by atoms with Gasteiger partial charge in [-0.25, -0.2) is 0 Å². The van der Waals surface area contributed by atoms with E-state index in [1.807, 2.05) is 0 Å². The van der Waals surface area contributed by atoms with Gasteiger partial charge in [-0.15, -0.1) is 0 Å². The Morgan fingerprint density at radius 1 is 1.05 bits per heavy atom. The molecule has 0 aliphatic carbocycles. The van der Waals surface area contributed by atoms with Crippen LogP contribution < -0.4 is 5.46 Å². The van der Waals surface area contributed by atoms with Crippen LogP contribution in [0.4, 0.5) is 13.2 Å². The lowest BCUT2D eigenvalue weighted by Gasteiger charge is -2.32. The van der Waals surface area contributed by atoms with Crippen molar-refractivity contribution in [2.75, 3.05) is 0 Å². The standard InChI is InChI=1S/C13H16BF3O2/c1-11(2)12(3,4)19-14(18-11)10-8-6-5-7-9(10)13(15,16)17/h5-8H,1-4H3/i5D,6D,7D,8D. The molecule has 1 aromatic rings. The highest BCUT2D eigenvalue weighted by Gasteiger charge is 2.53. The largest absolute Gasteiger partial charge is 0.495 e. The second-order valence-electron chi connectivity index (χ2n) is 5.37. The van der Waals surface area contributed by atoms with Crippen molar-refractivity contribution in [3.05, 3.63) is 29.7 Å². The molecule has 0 saturated carbocycles. The second kappa shape index (κ2) is 4.25. The molecule has 2 nitrogen and oxygen atoms in total. The lowest BCUT2D eigenvalue weighted by Crippen LogP contribution is -2.41. The van der Waals surface area contributed by atoms with Crippen molar-refractivity contribution in [1.29, 1.82) is 0 Å². The molecule has 1 aliphatic heterocycles. The van der Waals surface area contributed by atoms with Gasteiger partial charge in [0.25, 0.3) is 0 Å². The lowest BCUT2D eigenvalue weighted by atomic mass is 9.76. The van der Waals surface area contributed by atoms with Crippen LogP contribution in [0.15, 0.2) is 24.2 Å². The first-order chi connectivity index (χ1) is 10.2. The highest BCUT2D eigenvalue weighted by atomic mass is 19.4. The molecule has 1 fully saturated rings. The van der Waals surface area contributed by atoms with Crippen molar-refractivity contribution < 1.29 is 28.0 Å². The number of hydrogen-bond acceptors (Lipinski definition) is 2. The first-order valence-corrected chi connectivity index (χ1v) is 5.74. The Kier molecular flexibility index (Phi) is 2.20. The van der Waals surface area contributed by atoms with E-state index < -0.39 is 59.7 Å². The van der Waals surface area contributed by atoms with Crippen LogP contribution in [0.25, 0.3) is 0 Å². The van der Waals surface area contributed by atoms with Crippen molar-refractivity contribution in [2.24, 2.45) is 0 Å². The van der Waals surface area contributed by atoms with Crippen molar-refractivity contribution in [1.82, 2.24) is 0 Å². The molecule has 0 N–H and O–H groups in total. The van der Waals surface area contributed by atoms with E-state index in [1.165, 1.54) is 0 Å². The summed E-state index contributed by atoms with van der Waals surface area (Å²) in [5.41, 5.74) is -4.04. The highest BCUT2D eigenvalue weighted by Crippen LogP contribution is 2.38. The van der Waals surface area contributed by atoms with Crippen LogP contribution in [0.5, 0.6) is 0 Å². The maximum Gasteiger partial charge on any atom is 0.495 e. The number of halogens is 3. The van der Waals surface area contributed by atoms with E-state index in [9.17, 15) is 13.2 Å². The molecule has 1 heterocycles. The molecule has 104 valence electrons. The summed E-state index contributed by atoms with van der Waals surface area (Å²) >= 11 is 0. The Bertz CT molecular complexity index is 646. The fourth-order valence-electron chi connectivity index (χ4n) is 1.68. The first-order valence-electron chi connectivity index (χ1n) is 7.74. The third kappa shape index (κ3) is 2.51. The van der Waals surface area contributed by atoms with Crippen molar-refractivity contribution in [2.45, 2.75) is 45.1 Å². The molecule has 19 heavy (non-hydrogen) atoms. The van der Waals surface area contributed by atoms with Gasteiger partial charge in [0.05, 0.1) is 22.2 Å². The SMILES string of the molecule is [2H]c1c([2H])c([2H])c(C(F)(F)F)c(B2OC(C)(C)C(C)(C)O2)c1[2H]. The average molecular weight is 276 g/mol. The number of alkyl halides is 3. The first kappa shape index (κ1) is 9.83. The Labute approximate surface area is 116 Å². The average Bonchev–Trinajstić information content (AvgIpc) is 2.58. The van der Waals surface area contributed by atoms with Crippen molar-refractivity contribution in [3.8, 4) is 0 Å². The van der Waals surface area contributed by atoms with Gasteiger partial charge in [0, 0.05) is 0 Å². The lowest BCUT2D eigenvalue weighted by molar-refractivity contribution is -0.136. The topological polar surface area (TPSA) is 18.5 Å². The molecule has 0 atom stereocenters. The van der Waals surface area contributed by atoms with Gasteiger partial charge in [-0.05, 0) is 33.2 Å². The summed E-state index contributed by atoms with van der Waals surface area (Å²) in [6, 6.07) is -3.66. The Hall–Kier alpha value is -1.01. The molecular weight excluding hydrogens is 256 g/mol. The van der Waals surface area contributed by atoms with E-state index in [4.69, 9.17) is 14.8 Å². The summed E-state index contributed by atoms with van der Waals surface area (Å²) in [5, 5.41) is 0. The van der Waals surface area contributed by atoms with Crippen molar-refractivity contribution in [3.63, 3.8) is 0 Å². The zero-order valence-electron chi connectivity index (χ0n) is 15.0. The molecule has 1 saturated heterocycles. The summed E-state index contributed by atoms with van der Waals surface area (Å²) in [7, 11) is -1.53. The molecule has 0 radical (unpaired) electrons. The zero-order chi connectivity index (χ0) is 18.0. The molecular formula is C13H16BF3O2. The summed E-state index contributed by atoms with van der Waals surface area (Å²) in [5.74, 6) is 0. The highest BCUT2D eigenvalue weighted by molar-refractivity contribution is 6.62. The van der Waals surface area contributed by atoms with E-state index in [2.05, 4.69) is 0 Å². The number of hydrogen-bond donors (Lipinski definition) is 0. The Balaban J connectivity index is 2.73. The van der Waals surface area contributed by atoms with E-state index in [1.54, 1.807) is 27.7 Å². The molecule has 6 heteroatoms. The van der Waals surface area contributed by atoms with Crippen LogP contribution in [-0.4, -0.2) is 18.3 Å². The van der Waals surface area contributed by atoms with Crippen molar-refractivity contribution >= 4 is 12.6 Å². The molecule has 0 bridgehead atoms. The van der Waals surface area contributed by atoms with E-state index in [-0.39, 0.29) is 0 Å². The third-order valence-corrected chi connectivity index (χ3v) is 3.49. The molecule has 1 aliphatic rings. The predicted molar refractivity (Wildman–Crippen MR) is 67.2 cm³/mol. The third-order valence-electron chi connectivity index (χ3n) is 3.49. The fourth-order valence-corrected chi connectivity index (χ4v) is 1.68. The summed E-state index contributed by atoms with van der Waals surface area (Å²) in [6.45, 7) is 6.58. The Morgan fingerprint density at radius 2 is 1.53 bits per heavy atom. The van der Waals surface area contributed by atoms with Gasteiger partial charge in [0.15, 0.2) is 0 Å². The normalized spacial score (nSPS) is 24.7. The molecule has 0 aromatic heterocycles. The molecule has 0 amide bonds. The summed E-state index contributed by atoms with van der Waals surface area (Å²) in [6.07, 6.45) is -4.96. The van der Waals surface area contributed by atoms with Crippen LogP contribution >= 0.6 is 0 Å². The number of rotatable bonds is 1. The summed E-state index contributed by atoms with van der Waals surface area (Å²) in [4.78, 5) is 0. The fraction of sp³-hybridized carbons (Fsp3) is 0.538. The van der Waals surface area contributed by atoms with Crippen LogP contribution in [-0.2, 0) is 15.5 Å². The minimum absolute atomic E-state index is 0.720. The predicted octanol–water partition coefficient (Wildman–Crippen LogP) is 3.00.